The number of aliphatic imine (C=N–C) groups is 1. The van der Waals surface area contributed by atoms with Crippen LogP contribution in [0.25, 0.3) is 0 Å². The van der Waals surface area contributed by atoms with Crippen molar-refractivity contribution in [2.24, 2.45) is 4.99 Å². The van der Waals surface area contributed by atoms with Crippen molar-refractivity contribution in [1.29, 1.82) is 0 Å². The molecule has 1 N–H and O–H groups in total. The molecule has 0 saturated carbocycles. The van der Waals surface area contributed by atoms with E-state index in [0.717, 1.165) is 36.1 Å². The Hall–Kier alpha value is -1.03. The van der Waals surface area contributed by atoms with Crippen molar-refractivity contribution >= 4 is 16.9 Å². The van der Waals surface area contributed by atoms with Gasteiger partial charge in [-0.1, -0.05) is 17.8 Å². The smallest absolute Gasteiger partial charge is 0.156 e. The van der Waals surface area contributed by atoms with E-state index in [-0.39, 0.29) is 0 Å². The van der Waals surface area contributed by atoms with E-state index in [9.17, 15) is 0 Å². The molecule has 0 radical (unpaired) electrons. The highest BCUT2D eigenvalue weighted by molar-refractivity contribution is 8.14. The summed E-state index contributed by atoms with van der Waals surface area (Å²) in [5, 5.41) is 4.39. The summed E-state index contributed by atoms with van der Waals surface area (Å²) in [6.45, 7) is 1.87. The minimum atomic E-state index is 0.919. The topological polar surface area (TPSA) is 37.3 Å². The molecule has 0 aliphatic carbocycles. The first-order valence-corrected chi connectivity index (χ1v) is 5.75. The highest BCUT2D eigenvalue weighted by Gasteiger charge is 2.05. The molecule has 1 aliphatic rings. The number of aromatic nitrogens is 1. The summed E-state index contributed by atoms with van der Waals surface area (Å²) in [7, 11) is 0. The first kappa shape index (κ1) is 9.52. The zero-order valence-corrected chi connectivity index (χ0v) is 8.76. The summed E-state index contributed by atoms with van der Waals surface area (Å²) in [5.41, 5.74) is 1.13. The molecule has 0 spiro atoms. The largest absolute Gasteiger partial charge is 0.365 e. The van der Waals surface area contributed by atoms with Gasteiger partial charge >= 0.3 is 0 Å². The summed E-state index contributed by atoms with van der Waals surface area (Å²) in [5.74, 6) is 1.12. The molecule has 2 rings (SSSR count). The van der Waals surface area contributed by atoms with E-state index in [2.05, 4.69) is 15.3 Å². The first-order valence-electron chi connectivity index (χ1n) is 4.76. The fourth-order valence-corrected chi connectivity index (χ4v) is 2.05. The molecule has 0 unspecified atom stereocenters. The van der Waals surface area contributed by atoms with E-state index in [0.29, 0.717) is 0 Å². The van der Waals surface area contributed by atoms with Gasteiger partial charge in [-0.15, -0.1) is 0 Å². The monoisotopic (exact) mass is 207 g/mol. The molecule has 14 heavy (non-hydrogen) atoms. The number of hydrogen-bond acceptors (Lipinski definition) is 4. The molecular formula is C10H13N3S. The molecule has 1 aromatic heterocycles. The molecule has 3 nitrogen and oxygen atoms in total. The van der Waals surface area contributed by atoms with E-state index in [4.69, 9.17) is 0 Å². The van der Waals surface area contributed by atoms with Crippen molar-refractivity contribution in [3.8, 4) is 0 Å². The van der Waals surface area contributed by atoms with Crippen LogP contribution in [0.3, 0.4) is 0 Å². The summed E-state index contributed by atoms with van der Waals surface area (Å²) in [6, 6.07) is 6.00. The van der Waals surface area contributed by atoms with Gasteiger partial charge in [-0.3, -0.25) is 9.98 Å². The number of hydrogen-bond donors (Lipinski definition) is 1. The lowest BCUT2D eigenvalue weighted by Gasteiger charge is -2.03. The molecule has 0 atom stereocenters. The van der Waals surface area contributed by atoms with Gasteiger partial charge in [-0.05, 0) is 12.1 Å². The second kappa shape index (κ2) is 5.00. The van der Waals surface area contributed by atoms with E-state index in [1.807, 2.05) is 24.4 Å². The quantitative estimate of drug-likeness (QED) is 0.812. The van der Waals surface area contributed by atoms with E-state index in [1.54, 1.807) is 11.8 Å². The summed E-state index contributed by atoms with van der Waals surface area (Å²) >= 11 is 1.80. The third-order valence-electron chi connectivity index (χ3n) is 1.97. The second-order valence-electron chi connectivity index (χ2n) is 3.03. The number of amidine groups is 1. The Morgan fingerprint density at radius 2 is 2.43 bits per heavy atom. The van der Waals surface area contributed by atoms with Gasteiger partial charge in [0.05, 0.1) is 6.54 Å². The first-order chi connectivity index (χ1) is 6.95. The number of rotatable bonds is 3. The van der Waals surface area contributed by atoms with Gasteiger partial charge in [-0.25, -0.2) is 0 Å². The molecule has 2 heterocycles. The summed E-state index contributed by atoms with van der Waals surface area (Å²) in [4.78, 5) is 8.57. The summed E-state index contributed by atoms with van der Waals surface area (Å²) < 4.78 is 0. The van der Waals surface area contributed by atoms with Crippen LogP contribution in [0.5, 0.6) is 0 Å². The van der Waals surface area contributed by atoms with Crippen LogP contribution in [-0.4, -0.2) is 29.0 Å². The molecule has 1 aromatic rings. The van der Waals surface area contributed by atoms with Crippen LogP contribution in [0.15, 0.2) is 29.4 Å². The predicted molar refractivity (Wildman–Crippen MR) is 60.7 cm³/mol. The molecule has 1 aliphatic heterocycles. The lowest BCUT2D eigenvalue weighted by Crippen LogP contribution is -2.21. The number of nitrogens with one attached hydrogen (secondary N) is 1. The molecule has 0 saturated heterocycles. The van der Waals surface area contributed by atoms with Crippen molar-refractivity contribution in [3.05, 3.63) is 30.1 Å². The Kier molecular flexibility index (Phi) is 3.40. The molecular weight excluding hydrogens is 194 g/mol. The van der Waals surface area contributed by atoms with E-state index >= 15 is 0 Å². The lowest BCUT2D eigenvalue weighted by molar-refractivity contribution is 0.847. The van der Waals surface area contributed by atoms with Gasteiger partial charge in [0.15, 0.2) is 5.17 Å². The van der Waals surface area contributed by atoms with Gasteiger partial charge < -0.3 is 5.32 Å². The van der Waals surface area contributed by atoms with Crippen molar-refractivity contribution in [3.63, 3.8) is 0 Å². The van der Waals surface area contributed by atoms with Crippen LogP contribution < -0.4 is 5.32 Å². The maximum Gasteiger partial charge on any atom is 0.156 e. The van der Waals surface area contributed by atoms with Gasteiger partial charge in [0.2, 0.25) is 0 Å². The fourth-order valence-electron chi connectivity index (χ4n) is 1.29. The Morgan fingerprint density at radius 3 is 3.14 bits per heavy atom. The number of nitrogens with zero attached hydrogens (tertiary/aromatic N) is 2. The molecule has 0 fully saturated rings. The molecule has 0 amide bonds. The predicted octanol–water partition coefficient (Wildman–Crippen LogP) is 1.32. The zero-order chi connectivity index (χ0) is 9.64. The van der Waals surface area contributed by atoms with Crippen LogP contribution in [0.2, 0.25) is 0 Å². The average molecular weight is 207 g/mol. The van der Waals surface area contributed by atoms with E-state index in [1.165, 1.54) is 0 Å². The van der Waals surface area contributed by atoms with Crippen molar-refractivity contribution in [2.75, 3.05) is 18.8 Å². The molecule has 0 aromatic carbocycles. The Morgan fingerprint density at radius 1 is 1.43 bits per heavy atom. The molecule has 4 heteroatoms. The van der Waals surface area contributed by atoms with Gasteiger partial charge in [-0.2, -0.15) is 0 Å². The van der Waals surface area contributed by atoms with Crippen molar-refractivity contribution < 1.29 is 0 Å². The fraction of sp³-hybridized carbons (Fsp3) is 0.400. The Labute approximate surface area is 88.0 Å². The third-order valence-corrected chi connectivity index (χ3v) is 2.90. The van der Waals surface area contributed by atoms with Crippen LogP contribution >= 0.6 is 11.8 Å². The highest BCUT2D eigenvalue weighted by atomic mass is 32.2. The van der Waals surface area contributed by atoms with Crippen molar-refractivity contribution in [1.82, 2.24) is 10.3 Å². The van der Waals surface area contributed by atoms with Crippen molar-refractivity contribution in [2.45, 2.75) is 6.42 Å². The normalized spacial score (nSPS) is 15.3. The van der Waals surface area contributed by atoms with Gasteiger partial charge in [0, 0.05) is 30.6 Å². The van der Waals surface area contributed by atoms with Crippen LogP contribution in [-0.2, 0) is 6.42 Å². The van der Waals surface area contributed by atoms with Crippen LogP contribution in [0.4, 0.5) is 0 Å². The summed E-state index contributed by atoms with van der Waals surface area (Å²) in [6.07, 6.45) is 2.79. The third kappa shape index (κ3) is 2.73. The number of pyridine rings is 1. The highest BCUT2D eigenvalue weighted by Crippen LogP contribution is 2.08. The van der Waals surface area contributed by atoms with Gasteiger partial charge in [0.25, 0.3) is 0 Å². The zero-order valence-electron chi connectivity index (χ0n) is 7.94. The van der Waals surface area contributed by atoms with Crippen LogP contribution in [0.1, 0.15) is 5.69 Å². The lowest BCUT2D eigenvalue weighted by atomic mass is 10.3. The maximum absolute atomic E-state index is 4.31. The average Bonchev–Trinajstić information content (AvgIpc) is 2.72. The Bertz CT molecular complexity index is 310. The standard InChI is InChI=1S/C10H13N3S/c1-2-5-11-9(3-1)4-6-12-10-13-7-8-14-10/h1-3,5H,4,6-8H2,(H,12,13). The Balaban J connectivity index is 1.73. The second-order valence-corrected chi connectivity index (χ2v) is 4.12. The van der Waals surface area contributed by atoms with Crippen LogP contribution in [0, 0.1) is 0 Å². The minimum Gasteiger partial charge on any atom is -0.365 e. The van der Waals surface area contributed by atoms with E-state index < -0.39 is 0 Å². The molecule has 74 valence electrons. The molecule has 0 bridgehead atoms. The number of thioether (sulfide) groups is 1. The SMILES string of the molecule is c1ccc(CCNC2=NCCS2)nc1. The minimum absolute atomic E-state index is 0.919. The van der Waals surface area contributed by atoms with Gasteiger partial charge in [0.1, 0.15) is 0 Å². The maximum atomic E-state index is 4.31.